The number of hydrogen-bond donors (Lipinski definition) is 3. The van der Waals surface area contributed by atoms with Gasteiger partial charge in [-0.3, -0.25) is 4.90 Å². The number of aromatic hydroxyl groups is 1. The van der Waals surface area contributed by atoms with Gasteiger partial charge in [-0.05, 0) is 61.7 Å². The van der Waals surface area contributed by atoms with Crippen LogP contribution in [0.3, 0.4) is 0 Å². The Balaban J connectivity index is 1.44. The third-order valence-electron chi connectivity index (χ3n) is 5.87. The van der Waals surface area contributed by atoms with Crippen LogP contribution in [0.5, 0.6) is 5.75 Å². The van der Waals surface area contributed by atoms with Crippen molar-refractivity contribution in [1.82, 2.24) is 20.2 Å². The van der Waals surface area contributed by atoms with E-state index in [0.717, 1.165) is 37.2 Å². The highest BCUT2D eigenvalue weighted by atomic mass is 19.1. The fourth-order valence-corrected chi connectivity index (χ4v) is 3.99. The van der Waals surface area contributed by atoms with E-state index in [4.69, 9.17) is 0 Å². The summed E-state index contributed by atoms with van der Waals surface area (Å²) in [5, 5.41) is 16.1. The minimum absolute atomic E-state index is 0.253. The summed E-state index contributed by atoms with van der Waals surface area (Å²) in [6.45, 7) is 7.74. The topological polar surface area (TPSA) is 73.3 Å². The summed E-state index contributed by atoms with van der Waals surface area (Å²) in [6, 6.07) is 15.0. The van der Waals surface area contributed by atoms with Crippen LogP contribution < -0.4 is 10.6 Å². The molecule has 1 saturated heterocycles. The largest absolute Gasteiger partial charge is 0.508 e. The van der Waals surface area contributed by atoms with Crippen LogP contribution >= 0.6 is 0 Å². The molecule has 0 spiro atoms. The van der Waals surface area contributed by atoms with Gasteiger partial charge < -0.3 is 15.7 Å². The molecule has 0 amide bonds. The highest BCUT2D eigenvalue weighted by molar-refractivity contribution is 5.61. The number of phenolic OH excluding ortho intramolecular Hbond substituents is 1. The monoisotopic (exact) mass is 435 g/mol. The minimum atomic E-state index is -0.288. The first kappa shape index (κ1) is 22.2. The lowest BCUT2D eigenvalue weighted by Gasteiger charge is -2.37. The minimum Gasteiger partial charge on any atom is -0.508 e. The SMILES string of the molecule is C[C@@H]1CN(Cc2ccc(F)c(-c3ccnc(NCCc4ccc(O)cc4)n3)c2)[C@H](C)CN1. The molecule has 168 valence electrons. The molecule has 32 heavy (non-hydrogen) atoms. The van der Waals surface area contributed by atoms with Crippen molar-refractivity contribution in [3.63, 3.8) is 0 Å². The van der Waals surface area contributed by atoms with Crippen LogP contribution in [0.1, 0.15) is 25.0 Å². The zero-order valence-corrected chi connectivity index (χ0v) is 18.6. The Morgan fingerprint density at radius 2 is 1.91 bits per heavy atom. The van der Waals surface area contributed by atoms with Crippen molar-refractivity contribution in [3.05, 3.63) is 71.7 Å². The van der Waals surface area contributed by atoms with E-state index in [1.807, 2.05) is 24.3 Å². The van der Waals surface area contributed by atoms with Crippen molar-refractivity contribution >= 4 is 5.95 Å². The molecule has 2 atom stereocenters. The van der Waals surface area contributed by atoms with E-state index in [2.05, 4.69) is 39.3 Å². The second-order valence-corrected chi connectivity index (χ2v) is 8.51. The lowest BCUT2D eigenvalue weighted by Crippen LogP contribution is -2.53. The molecule has 2 aromatic carbocycles. The molecule has 6 nitrogen and oxygen atoms in total. The van der Waals surface area contributed by atoms with Crippen molar-refractivity contribution in [1.29, 1.82) is 0 Å². The molecule has 2 heterocycles. The predicted octanol–water partition coefficient (Wildman–Crippen LogP) is 3.83. The van der Waals surface area contributed by atoms with E-state index in [9.17, 15) is 9.50 Å². The quantitative estimate of drug-likeness (QED) is 0.524. The van der Waals surface area contributed by atoms with Crippen LogP contribution in [0, 0.1) is 5.82 Å². The molecule has 1 aliphatic rings. The van der Waals surface area contributed by atoms with Gasteiger partial charge in [0.25, 0.3) is 0 Å². The lowest BCUT2D eigenvalue weighted by molar-refractivity contribution is 0.139. The number of piperazine rings is 1. The molecular weight excluding hydrogens is 405 g/mol. The number of nitrogens with one attached hydrogen (secondary N) is 2. The molecule has 0 aliphatic carbocycles. The van der Waals surface area contributed by atoms with E-state index in [1.165, 1.54) is 6.07 Å². The normalized spacial score (nSPS) is 19.1. The maximum atomic E-state index is 14.7. The molecule has 0 saturated carbocycles. The van der Waals surface area contributed by atoms with E-state index in [1.54, 1.807) is 24.4 Å². The van der Waals surface area contributed by atoms with Crippen LogP contribution in [-0.2, 0) is 13.0 Å². The maximum absolute atomic E-state index is 14.7. The van der Waals surface area contributed by atoms with Gasteiger partial charge in [-0.15, -0.1) is 0 Å². The number of nitrogens with zero attached hydrogens (tertiary/aromatic N) is 3. The van der Waals surface area contributed by atoms with Gasteiger partial charge in [0.1, 0.15) is 11.6 Å². The molecule has 4 rings (SSSR count). The van der Waals surface area contributed by atoms with Gasteiger partial charge in [-0.2, -0.15) is 0 Å². The van der Waals surface area contributed by atoms with Crippen LogP contribution in [0.4, 0.5) is 10.3 Å². The van der Waals surface area contributed by atoms with Gasteiger partial charge in [0, 0.05) is 50.0 Å². The number of halogens is 1. The lowest BCUT2D eigenvalue weighted by atomic mass is 10.0. The first-order valence-corrected chi connectivity index (χ1v) is 11.1. The Hall–Kier alpha value is -3.03. The van der Waals surface area contributed by atoms with Crippen molar-refractivity contribution < 1.29 is 9.50 Å². The second-order valence-electron chi connectivity index (χ2n) is 8.51. The fourth-order valence-electron chi connectivity index (χ4n) is 3.99. The number of rotatable bonds is 7. The Labute approximate surface area is 188 Å². The van der Waals surface area contributed by atoms with E-state index in [-0.39, 0.29) is 11.6 Å². The summed E-state index contributed by atoms with van der Waals surface area (Å²) in [6.07, 6.45) is 2.41. The average molecular weight is 436 g/mol. The Morgan fingerprint density at radius 1 is 1.12 bits per heavy atom. The summed E-state index contributed by atoms with van der Waals surface area (Å²) in [5.74, 6) is 0.433. The second kappa shape index (κ2) is 10.1. The summed E-state index contributed by atoms with van der Waals surface area (Å²) in [7, 11) is 0. The van der Waals surface area contributed by atoms with E-state index < -0.39 is 0 Å². The first-order valence-electron chi connectivity index (χ1n) is 11.1. The Kier molecular flexibility index (Phi) is 6.97. The smallest absolute Gasteiger partial charge is 0.223 e. The Bertz CT molecular complexity index is 1040. The van der Waals surface area contributed by atoms with Crippen molar-refractivity contribution in [2.24, 2.45) is 0 Å². The molecule has 1 fully saturated rings. The number of benzene rings is 2. The predicted molar refractivity (Wildman–Crippen MR) is 125 cm³/mol. The summed E-state index contributed by atoms with van der Waals surface area (Å²) < 4.78 is 14.7. The van der Waals surface area contributed by atoms with E-state index >= 15 is 0 Å². The molecule has 7 heteroatoms. The van der Waals surface area contributed by atoms with Gasteiger partial charge in [0.15, 0.2) is 0 Å². The number of phenols is 1. The molecule has 1 aliphatic heterocycles. The molecule has 0 bridgehead atoms. The van der Waals surface area contributed by atoms with Crippen molar-refractivity contribution in [2.75, 3.05) is 25.0 Å². The summed E-state index contributed by atoms with van der Waals surface area (Å²) in [5.41, 5.74) is 3.22. The van der Waals surface area contributed by atoms with Gasteiger partial charge in [-0.1, -0.05) is 18.2 Å². The Morgan fingerprint density at radius 3 is 2.72 bits per heavy atom. The highest BCUT2D eigenvalue weighted by Crippen LogP contribution is 2.24. The zero-order valence-electron chi connectivity index (χ0n) is 18.6. The molecule has 3 N–H and O–H groups in total. The van der Waals surface area contributed by atoms with E-state index in [0.29, 0.717) is 35.8 Å². The van der Waals surface area contributed by atoms with Crippen LogP contribution in [0.2, 0.25) is 0 Å². The van der Waals surface area contributed by atoms with Crippen molar-refractivity contribution in [2.45, 2.75) is 38.9 Å². The van der Waals surface area contributed by atoms with Gasteiger partial charge in [0.05, 0.1) is 5.69 Å². The van der Waals surface area contributed by atoms with Gasteiger partial charge in [-0.25, -0.2) is 14.4 Å². The van der Waals surface area contributed by atoms with Crippen LogP contribution in [0.15, 0.2) is 54.7 Å². The molecule has 3 aromatic rings. The third kappa shape index (κ3) is 5.60. The fraction of sp³-hybridized carbons (Fsp3) is 0.360. The third-order valence-corrected chi connectivity index (χ3v) is 5.87. The zero-order chi connectivity index (χ0) is 22.5. The molecule has 1 aromatic heterocycles. The number of aromatic nitrogens is 2. The van der Waals surface area contributed by atoms with Crippen LogP contribution in [-0.4, -0.2) is 51.7 Å². The highest BCUT2D eigenvalue weighted by Gasteiger charge is 2.22. The molecular formula is C25H30FN5O. The first-order chi connectivity index (χ1) is 15.5. The van der Waals surface area contributed by atoms with Gasteiger partial charge in [0.2, 0.25) is 5.95 Å². The summed E-state index contributed by atoms with van der Waals surface area (Å²) >= 11 is 0. The van der Waals surface area contributed by atoms with Gasteiger partial charge >= 0.3 is 0 Å². The van der Waals surface area contributed by atoms with Crippen LogP contribution in [0.25, 0.3) is 11.3 Å². The average Bonchev–Trinajstić information content (AvgIpc) is 2.79. The standard InChI is InChI=1S/C25H30FN5O/c1-17-15-31(18(2)14-29-17)16-20-5-8-23(26)22(13-20)24-10-12-28-25(30-24)27-11-9-19-3-6-21(32)7-4-19/h3-8,10,12-13,17-18,29,32H,9,11,14-16H2,1-2H3,(H,27,28,30)/t17-,18-/m1/s1. The summed E-state index contributed by atoms with van der Waals surface area (Å²) in [4.78, 5) is 11.2. The number of anilines is 1. The molecule has 0 unspecified atom stereocenters. The molecule has 0 radical (unpaired) electrons. The number of hydrogen-bond acceptors (Lipinski definition) is 6. The van der Waals surface area contributed by atoms with Crippen molar-refractivity contribution in [3.8, 4) is 17.0 Å². The maximum Gasteiger partial charge on any atom is 0.223 e.